The quantitative estimate of drug-likeness (QED) is 0.262. The largest absolute Gasteiger partial charge is 0.457 e. The molecule has 0 bridgehead atoms. The number of amides is 1. The van der Waals surface area contributed by atoms with E-state index < -0.39 is 0 Å². The van der Waals surface area contributed by atoms with Crippen LogP contribution in [-0.4, -0.2) is 43.0 Å². The van der Waals surface area contributed by atoms with Crippen molar-refractivity contribution in [2.24, 2.45) is 5.84 Å². The molecule has 2 aromatic carbocycles. The topological polar surface area (TPSA) is 120 Å². The zero-order chi connectivity index (χ0) is 24.4. The van der Waals surface area contributed by atoms with Crippen molar-refractivity contribution in [2.75, 3.05) is 18.5 Å². The summed E-state index contributed by atoms with van der Waals surface area (Å²) in [6.45, 7) is 2.50. The van der Waals surface area contributed by atoms with Crippen molar-refractivity contribution in [3.05, 3.63) is 71.4 Å². The van der Waals surface area contributed by atoms with Crippen LogP contribution in [0.15, 0.2) is 65.7 Å². The molecule has 1 saturated heterocycles. The summed E-state index contributed by atoms with van der Waals surface area (Å²) < 4.78 is 9.01. The van der Waals surface area contributed by atoms with Crippen LogP contribution in [-0.2, 0) is 4.79 Å². The van der Waals surface area contributed by atoms with E-state index in [9.17, 15) is 9.59 Å². The predicted molar refractivity (Wildman–Crippen MR) is 131 cm³/mol. The van der Waals surface area contributed by atoms with Crippen molar-refractivity contribution >= 4 is 22.9 Å². The number of rotatable bonds is 5. The maximum atomic E-state index is 13.7. The first kappa shape index (κ1) is 22.2. The molecule has 0 radical (unpaired) electrons. The molecule has 3 heterocycles. The van der Waals surface area contributed by atoms with Crippen LogP contribution in [0, 0.1) is 11.8 Å². The SMILES string of the molecule is CC#CC(=O)N1CCC(n2c(=O)n(-c3ccc(Oc4ccccc4)cc3)c3c(NN)ncnc32)C1. The number of nitrogen functional groups attached to an aromatic ring is 1. The highest BCUT2D eigenvalue weighted by Crippen LogP contribution is 2.29. The number of nitrogens with zero attached hydrogens (tertiary/aromatic N) is 5. The van der Waals surface area contributed by atoms with E-state index in [1.165, 1.54) is 10.9 Å². The molecule has 10 nitrogen and oxygen atoms in total. The Kier molecular flexibility index (Phi) is 5.91. The zero-order valence-corrected chi connectivity index (χ0v) is 19.0. The number of nitrogens with one attached hydrogen (secondary N) is 1. The number of para-hydroxylation sites is 1. The van der Waals surface area contributed by atoms with Gasteiger partial charge in [0, 0.05) is 13.1 Å². The van der Waals surface area contributed by atoms with Gasteiger partial charge < -0.3 is 15.1 Å². The summed E-state index contributed by atoms with van der Waals surface area (Å²) in [6.07, 6.45) is 1.96. The van der Waals surface area contributed by atoms with Gasteiger partial charge in [-0.15, -0.1) is 0 Å². The maximum absolute atomic E-state index is 13.7. The van der Waals surface area contributed by atoms with Gasteiger partial charge >= 0.3 is 5.69 Å². The molecule has 4 aromatic rings. The predicted octanol–water partition coefficient (Wildman–Crippen LogP) is 2.46. The Labute approximate surface area is 200 Å². The Morgan fingerprint density at radius 2 is 1.86 bits per heavy atom. The average molecular weight is 470 g/mol. The van der Waals surface area contributed by atoms with Gasteiger partial charge in [-0.05, 0) is 55.7 Å². The lowest BCUT2D eigenvalue weighted by molar-refractivity contribution is -0.124. The van der Waals surface area contributed by atoms with Crippen molar-refractivity contribution < 1.29 is 9.53 Å². The van der Waals surface area contributed by atoms with Gasteiger partial charge in [0.05, 0.1) is 11.7 Å². The van der Waals surface area contributed by atoms with Crippen molar-refractivity contribution in [1.29, 1.82) is 0 Å². The number of hydrogen-bond donors (Lipinski definition) is 2. The first-order valence-corrected chi connectivity index (χ1v) is 11.1. The molecule has 1 atom stereocenters. The van der Waals surface area contributed by atoms with Gasteiger partial charge in [-0.1, -0.05) is 24.1 Å². The summed E-state index contributed by atoms with van der Waals surface area (Å²) in [5.41, 5.74) is 3.76. The minimum Gasteiger partial charge on any atom is -0.457 e. The normalized spacial score (nSPS) is 15.0. The minimum atomic E-state index is -0.297. The fraction of sp³-hybridized carbons (Fsp3) is 0.200. The van der Waals surface area contributed by atoms with Crippen LogP contribution in [0.3, 0.4) is 0 Å². The van der Waals surface area contributed by atoms with Crippen molar-refractivity contribution in [1.82, 2.24) is 24.0 Å². The van der Waals surface area contributed by atoms with E-state index in [1.807, 2.05) is 30.3 Å². The van der Waals surface area contributed by atoms with Crippen LogP contribution in [0.5, 0.6) is 11.5 Å². The molecule has 176 valence electrons. The summed E-state index contributed by atoms with van der Waals surface area (Å²) in [6, 6.07) is 16.3. The summed E-state index contributed by atoms with van der Waals surface area (Å²) in [5.74, 6) is 12.3. The van der Waals surface area contributed by atoms with Crippen molar-refractivity contribution in [3.63, 3.8) is 0 Å². The monoisotopic (exact) mass is 469 g/mol. The number of benzene rings is 2. The minimum absolute atomic E-state index is 0.250. The third-order valence-corrected chi connectivity index (χ3v) is 5.91. The molecule has 1 amide bonds. The molecule has 0 aliphatic carbocycles. The Bertz CT molecular complexity index is 1500. The summed E-state index contributed by atoms with van der Waals surface area (Å²) in [4.78, 5) is 36.3. The van der Waals surface area contributed by atoms with Gasteiger partial charge in [-0.2, -0.15) is 0 Å². The number of carbonyl (C=O) groups excluding carboxylic acids is 1. The van der Waals surface area contributed by atoms with Gasteiger partial charge in [0.15, 0.2) is 11.5 Å². The van der Waals surface area contributed by atoms with Gasteiger partial charge in [0.25, 0.3) is 5.91 Å². The molecule has 35 heavy (non-hydrogen) atoms. The first-order chi connectivity index (χ1) is 17.1. The molecular weight excluding hydrogens is 446 g/mol. The molecular formula is C25H23N7O3. The molecule has 1 unspecified atom stereocenters. The number of ether oxygens (including phenoxy) is 1. The molecule has 1 aliphatic rings. The number of hydrogen-bond acceptors (Lipinski definition) is 7. The number of hydrazine groups is 1. The lowest BCUT2D eigenvalue weighted by Gasteiger charge is -2.14. The third-order valence-electron chi connectivity index (χ3n) is 5.91. The van der Waals surface area contributed by atoms with E-state index in [4.69, 9.17) is 10.6 Å². The number of fused-ring (bicyclic) bond motifs is 1. The second kappa shape index (κ2) is 9.32. The Balaban J connectivity index is 1.56. The van der Waals surface area contributed by atoms with E-state index in [1.54, 1.807) is 40.7 Å². The molecule has 1 aliphatic heterocycles. The standard InChI is InChI=1S/C25H23N7O3/c1-2-6-21(33)30-14-13-18(15-30)32-24-22(23(29-26)27-16-28-24)31(25(32)34)17-9-11-20(12-10-17)35-19-7-4-3-5-8-19/h3-5,7-12,16,18H,13-15,26H2,1H3,(H,27,28,29). The summed E-state index contributed by atoms with van der Waals surface area (Å²) in [7, 11) is 0. The highest BCUT2D eigenvalue weighted by Gasteiger charge is 2.31. The molecule has 10 heteroatoms. The highest BCUT2D eigenvalue weighted by atomic mass is 16.5. The van der Waals surface area contributed by atoms with E-state index >= 15 is 0 Å². The zero-order valence-electron chi connectivity index (χ0n) is 19.0. The second-order valence-corrected chi connectivity index (χ2v) is 8.00. The van der Waals surface area contributed by atoms with E-state index in [0.29, 0.717) is 53.7 Å². The van der Waals surface area contributed by atoms with Gasteiger partial charge in [-0.3, -0.25) is 13.9 Å². The number of carbonyl (C=O) groups is 1. The smallest absolute Gasteiger partial charge is 0.335 e. The highest BCUT2D eigenvalue weighted by molar-refractivity contribution is 5.93. The van der Waals surface area contributed by atoms with E-state index in [0.717, 1.165) is 0 Å². The van der Waals surface area contributed by atoms with Crippen LogP contribution >= 0.6 is 0 Å². The molecule has 5 rings (SSSR count). The number of aromatic nitrogens is 4. The van der Waals surface area contributed by atoms with Gasteiger partial charge in [0.1, 0.15) is 23.3 Å². The molecule has 3 N–H and O–H groups in total. The van der Waals surface area contributed by atoms with E-state index in [2.05, 4.69) is 27.2 Å². The van der Waals surface area contributed by atoms with Crippen molar-refractivity contribution in [3.8, 4) is 29.0 Å². The Morgan fingerprint density at radius 1 is 1.11 bits per heavy atom. The number of imidazole rings is 1. The van der Waals surface area contributed by atoms with Crippen LogP contribution in [0.1, 0.15) is 19.4 Å². The summed E-state index contributed by atoms with van der Waals surface area (Å²) >= 11 is 0. The van der Waals surface area contributed by atoms with Crippen LogP contribution < -0.4 is 21.7 Å². The second-order valence-electron chi connectivity index (χ2n) is 8.00. The molecule has 0 spiro atoms. The molecule has 1 fully saturated rings. The van der Waals surface area contributed by atoms with Crippen LogP contribution in [0.25, 0.3) is 16.9 Å². The van der Waals surface area contributed by atoms with Crippen LogP contribution in [0.4, 0.5) is 5.82 Å². The molecule has 2 aromatic heterocycles. The van der Waals surface area contributed by atoms with Crippen LogP contribution in [0.2, 0.25) is 0 Å². The fourth-order valence-electron chi connectivity index (χ4n) is 4.33. The Morgan fingerprint density at radius 3 is 2.57 bits per heavy atom. The maximum Gasteiger partial charge on any atom is 0.335 e. The average Bonchev–Trinajstić information content (AvgIpc) is 3.47. The fourth-order valence-corrected chi connectivity index (χ4v) is 4.33. The first-order valence-electron chi connectivity index (χ1n) is 11.1. The Hall–Kier alpha value is -4.62. The number of likely N-dealkylation sites (tertiary alicyclic amines) is 1. The number of anilines is 1. The van der Waals surface area contributed by atoms with Gasteiger partial charge in [0.2, 0.25) is 0 Å². The third kappa shape index (κ3) is 4.09. The number of nitrogens with two attached hydrogens (primary N) is 1. The lowest BCUT2D eigenvalue weighted by Crippen LogP contribution is -2.31. The molecule has 0 saturated carbocycles. The summed E-state index contributed by atoms with van der Waals surface area (Å²) in [5, 5.41) is 0. The van der Waals surface area contributed by atoms with Crippen molar-refractivity contribution in [2.45, 2.75) is 19.4 Å². The lowest BCUT2D eigenvalue weighted by atomic mass is 10.2. The van der Waals surface area contributed by atoms with Gasteiger partial charge in [-0.25, -0.2) is 20.6 Å². The van der Waals surface area contributed by atoms with E-state index in [-0.39, 0.29) is 17.6 Å².